The van der Waals surface area contributed by atoms with E-state index in [0.717, 1.165) is 11.1 Å². The first-order valence-corrected chi connectivity index (χ1v) is 12.2. The van der Waals surface area contributed by atoms with Gasteiger partial charge in [0.05, 0.1) is 23.9 Å². The molecular formula is C24H20N4O3S2. The molecule has 0 bridgehead atoms. The van der Waals surface area contributed by atoms with E-state index >= 15 is 0 Å². The summed E-state index contributed by atoms with van der Waals surface area (Å²) in [5, 5.41) is 13.5. The van der Waals surface area contributed by atoms with Crippen molar-refractivity contribution in [2.75, 3.05) is 11.1 Å². The normalized spacial score (nSPS) is 10.6. The van der Waals surface area contributed by atoms with Crippen molar-refractivity contribution in [2.45, 2.75) is 18.8 Å². The third kappa shape index (κ3) is 6.00. The van der Waals surface area contributed by atoms with E-state index in [4.69, 9.17) is 10.00 Å². The topological polar surface area (TPSA) is 96.5 Å². The van der Waals surface area contributed by atoms with E-state index in [9.17, 15) is 9.59 Å². The Labute approximate surface area is 198 Å². The number of benzene rings is 2. The van der Waals surface area contributed by atoms with Crippen LogP contribution in [0.5, 0.6) is 5.75 Å². The molecule has 166 valence electrons. The molecule has 2 heterocycles. The fourth-order valence-corrected chi connectivity index (χ4v) is 4.58. The predicted octanol–water partition coefficient (Wildman–Crippen LogP) is 4.27. The maximum absolute atomic E-state index is 12.5. The van der Waals surface area contributed by atoms with E-state index in [2.05, 4.69) is 16.4 Å². The fourth-order valence-electron chi connectivity index (χ4n) is 3.12. The Morgan fingerprint density at radius 1 is 1.21 bits per heavy atom. The highest BCUT2D eigenvalue weighted by Gasteiger charge is 2.09. The molecule has 0 radical (unpaired) electrons. The molecule has 2 aromatic heterocycles. The van der Waals surface area contributed by atoms with Crippen LogP contribution in [0.1, 0.15) is 16.8 Å². The second-order valence-electron chi connectivity index (χ2n) is 7.11. The molecule has 7 nitrogen and oxygen atoms in total. The number of carbonyl (C=O) groups excluding carboxylic acids is 1. The lowest BCUT2D eigenvalue weighted by Gasteiger charge is -2.12. The van der Waals surface area contributed by atoms with Crippen molar-refractivity contribution in [1.29, 1.82) is 5.26 Å². The summed E-state index contributed by atoms with van der Waals surface area (Å²) in [6.07, 6.45) is 2.06. The van der Waals surface area contributed by atoms with Crippen LogP contribution in [-0.4, -0.2) is 21.0 Å². The molecule has 0 fully saturated rings. The zero-order chi connectivity index (χ0) is 23.0. The van der Waals surface area contributed by atoms with E-state index in [-0.39, 0.29) is 17.2 Å². The summed E-state index contributed by atoms with van der Waals surface area (Å²) in [5.74, 6) is 1.27. The summed E-state index contributed by atoms with van der Waals surface area (Å²) >= 11 is 2.81. The molecular weight excluding hydrogens is 456 g/mol. The van der Waals surface area contributed by atoms with Crippen LogP contribution in [-0.2, 0) is 23.6 Å². The smallest absolute Gasteiger partial charge is 0.258 e. The highest BCUT2D eigenvalue weighted by Crippen LogP contribution is 2.20. The number of nitrogens with one attached hydrogen (secondary N) is 1. The van der Waals surface area contributed by atoms with Crippen molar-refractivity contribution in [3.63, 3.8) is 0 Å². The Morgan fingerprint density at radius 2 is 2.03 bits per heavy atom. The van der Waals surface area contributed by atoms with Crippen LogP contribution in [0.2, 0.25) is 0 Å². The molecule has 0 saturated heterocycles. The summed E-state index contributed by atoms with van der Waals surface area (Å²) in [6, 6.07) is 18.5. The second-order valence-corrected chi connectivity index (χ2v) is 8.97. The minimum absolute atomic E-state index is 0.116. The minimum Gasteiger partial charge on any atom is -0.489 e. The Morgan fingerprint density at radius 3 is 2.85 bits per heavy atom. The molecule has 0 spiro atoms. The van der Waals surface area contributed by atoms with Crippen LogP contribution in [0.25, 0.3) is 4.96 Å². The number of nitriles is 1. The van der Waals surface area contributed by atoms with Crippen molar-refractivity contribution < 1.29 is 9.53 Å². The van der Waals surface area contributed by atoms with E-state index in [1.807, 2.05) is 53.9 Å². The van der Waals surface area contributed by atoms with Gasteiger partial charge in [-0.3, -0.25) is 14.0 Å². The lowest BCUT2D eigenvalue weighted by Crippen LogP contribution is -2.16. The van der Waals surface area contributed by atoms with Gasteiger partial charge in [0, 0.05) is 34.6 Å². The van der Waals surface area contributed by atoms with Crippen LogP contribution >= 0.6 is 23.1 Å². The number of thiazole rings is 1. The number of anilines is 1. The van der Waals surface area contributed by atoms with Gasteiger partial charge in [0.15, 0.2) is 4.96 Å². The number of amides is 1. The molecule has 0 saturated carbocycles. The Bertz CT molecular complexity index is 1360. The van der Waals surface area contributed by atoms with Crippen molar-refractivity contribution >= 4 is 39.7 Å². The summed E-state index contributed by atoms with van der Waals surface area (Å²) in [7, 11) is 0. The van der Waals surface area contributed by atoms with Gasteiger partial charge in [-0.2, -0.15) is 5.26 Å². The summed E-state index contributed by atoms with van der Waals surface area (Å²) < 4.78 is 7.35. The molecule has 4 aromatic rings. The molecule has 9 heteroatoms. The number of nitrogens with zero attached hydrogens (tertiary/aromatic N) is 3. The molecule has 33 heavy (non-hydrogen) atoms. The number of hydrogen-bond donors (Lipinski definition) is 1. The van der Waals surface area contributed by atoms with Gasteiger partial charge in [-0.25, -0.2) is 4.98 Å². The lowest BCUT2D eigenvalue weighted by molar-refractivity contribution is -0.113. The van der Waals surface area contributed by atoms with Crippen molar-refractivity contribution in [1.82, 2.24) is 9.38 Å². The monoisotopic (exact) mass is 476 g/mol. The lowest BCUT2D eigenvalue weighted by atomic mass is 10.1. The summed E-state index contributed by atoms with van der Waals surface area (Å²) in [5.41, 5.74) is 3.03. The maximum Gasteiger partial charge on any atom is 0.258 e. The van der Waals surface area contributed by atoms with Gasteiger partial charge in [-0.05, 0) is 23.8 Å². The fraction of sp³-hybridized carbons (Fsp3) is 0.167. The van der Waals surface area contributed by atoms with Gasteiger partial charge in [-0.1, -0.05) is 30.3 Å². The predicted molar refractivity (Wildman–Crippen MR) is 131 cm³/mol. The number of aromatic nitrogens is 2. The van der Waals surface area contributed by atoms with Gasteiger partial charge in [0.25, 0.3) is 5.56 Å². The molecule has 1 amide bonds. The van der Waals surface area contributed by atoms with Crippen molar-refractivity contribution in [2.24, 2.45) is 0 Å². The maximum atomic E-state index is 12.5. The van der Waals surface area contributed by atoms with Crippen LogP contribution in [0.3, 0.4) is 0 Å². The highest BCUT2D eigenvalue weighted by atomic mass is 32.2. The van der Waals surface area contributed by atoms with Gasteiger partial charge >= 0.3 is 0 Å². The van der Waals surface area contributed by atoms with Gasteiger partial charge in [0.2, 0.25) is 5.91 Å². The first-order chi connectivity index (χ1) is 16.1. The second kappa shape index (κ2) is 10.8. The van der Waals surface area contributed by atoms with Crippen molar-refractivity contribution in [3.8, 4) is 11.8 Å². The molecule has 1 N–H and O–H groups in total. The van der Waals surface area contributed by atoms with Crippen LogP contribution < -0.4 is 15.6 Å². The van der Waals surface area contributed by atoms with E-state index in [0.29, 0.717) is 40.9 Å². The number of ether oxygens (including phenoxy) is 1. The average molecular weight is 477 g/mol. The molecule has 0 atom stereocenters. The third-order valence-corrected chi connectivity index (χ3v) is 6.45. The Hall–Kier alpha value is -3.61. The molecule has 0 aliphatic carbocycles. The molecule has 0 aliphatic rings. The van der Waals surface area contributed by atoms with Crippen LogP contribution in [0, 0.1) is 11.3 Å². The zero-order valence-electron chi connectivity index (χ0n) is 17.6. The largest absolute Gasteiger partial charge is 0.489 e. The quantitative estimate of drug-likeness (QED) is 0.387. The Kier molecular flexibility index (Phi) is 7.40. The number of para-hydroxylation sites is 1. The van der Waals surface area contributed by atoms with Gasteiger partial charge in [-0.15, -0.1) is 23.1 Å². The van der Waals surface area contributed by atoms with E-state index < -0.39 is 0 Å². The first-order valence-electron chi connectivity index (χ1n) is 10.1. The van der Waals surface area contributed by atoms with Crippen molar-refractivity contribution in [3.05, 3.63) is 93.3 Å². The van der Waals surface area contributed by atoms with E-state index in [1.165, 1.54) is 33.6 Å². The van der Waals surface area contributed by atoms with Crippen LogP contribution in [0.15, 0.2) is 71.0 Å². The average Bonchev–Trinajstić information content (AvgIpc) is 3.29. The number of thioether (sulfide) groups is 1. The van der Waals surface area contributed by atoms with E-state index in [1.54, 1.807) is 6.20 Å². The molecule has 2 aromatic carbocycles. The third-order valence-electron chi connectivity index (χ3n) is 4.73. The molecule has 4 rings (SSSR count). The zero-order valence-corrected chi connectivity index (χ0v) is 19.2. The SMILES string of the molecule is N#CCc1ccc(OCc2ccccc2NC(=O)CSCc2cc(=O)n3ccsc3n2)cc1. The van der Waals surface area contributed by atoms with Gasteiger partial charge in [0.1, 0.15) is 12.4 Å². The molecule has 0 unspecified atom stereocenters. The van der Waals surface area contributed by atoms with Gasteiger partial charge < -0.3 is 10.1 Å². The summed E-state index contributed by atoms with van der Waals surface area (Å²) in [4.78, 5) is 29.7. The standard InChI is InChI=1S/C24H20N4O3S2/c25-10-9-17-5-7-20(8-6-17)31-14-18-3-1-2-4-21(18)27-22(29)16-32-15-19-13-23(30)28-11-12-33-24(28)26-19/h1-8,11-13H,9,14-16H2,(H,27,29). The Balaban J connectivity index is 1.30. The number of hydrogen-bond acceptors (Lipinski definition) is 7. The summed E-state index contributed by atoms with van der Waals surface area (Å²) in [6.45, 7) is 0.301. The number of fused-ring (bicyclic) bond motifs is 1. The number of rotatable bonds is 9. The minimum atomic E-state index is -0.137. The first kappa shape index (κ1) is 22.6. The molecule has 0 aliphatic heterocycles. The highest BCUT2D eigenvalue weighted by molar-refractivity contribution is 7.99. The van der Waals surface area contributed by atoms with Crippen LogP contribution in [0.4, 0.5) is 5.69 Å². The number of carbonyl (C=O) groups is 1.